The lowest BCUT2D eigenvalue weighted by Crippen LogP contribution is -2.38. The van der Waals surface area contributed by atoms with Crippen molar-refractivity contribution in [3.63, 3.8) is 0 Å². The predicted octanol–water partition coefficient (Wildman–Crippen LogP) is 6.80. The minimum absolute atomic E-state index is 0.0918. The van der Waals surface area contributed by atoms with Crippen LogP contribution in [-0.4, -0.2) is 43.0 Å². The molecule has 0 radical (unpaired) electrons. The average Bonchev–Trinajstić information content (AvgIpc) is 3.58. The van der Waals surface area contributed by atoms with Crippen molar-refractivity contribution in [3.05, 3.63) is 68.3 Å². The highest BCUT2D eigenvalue weighted by molar-refractivity contribution is 7.12. The first-order chi connectivity index (χ1) is 16.7. The number of thiazole rings is 1. The molecule has 1 saturated heterocycles. The maximum absolute atomic E-state index is 14.0. The van der Waals surface area contributed by atoms with Crippen molar-refractivity contribution in [2.24, 2.45) is 0 Å². The van der Waals surface area contributed by atoms with E-state index in [9.17, 15) is 18.0 Å². The van der Waals surface area contributed by atoms with Gasteiger partial charge in [0.1, 0.15) is 0 Å². The third-order valence-electron chi connectivity index (χ3n) is 5.75. The fraction of sp³-hybridized carbons (Fsp3) is 0.273. The second-order valence-corrected chi connectivity index (χ2v) is 10.3. The maximum Gasteiger partial charge on any atom is 0.434 e. The fourth-order valence-electron chi connectivity index (χ4n) is 4.04. The van der Waals surface area contributed by atoms with E-state index >= 15 is 0 Å². The molecule has 5 rings (SSSR count). The molecule has 0 aliphatic carbocycles. The zero-order chi connectivity index (χ0) is 24.7. The molecule has 0 N–H and O–H groups in total. The van der Waals surface area contributed by atoms with E-state index in [1.165, 1.54) is 39.9 Å². The van der Waals surface area contributed by atoms with Gasteiger partial charge in [0.2, 0.25) is 0 Å². The quantitative estimate of drug-likeness (QED) is 0.277. The monoisotopic (exact) mass is 557 g/mol. The molecular weight excluding hydrogens is 542 g/mol. The third-order valence-corrected chi connectivity index (χ3v) is 8.58. The second-order valence-electron chi connectivity index (χ2n) is 7.91. The Balaban J connectivity index is 1.32. The zero-order valence-corrected chi connectivity index (χ0v) is 20.9. The third kappa shape index (κ3) is 4.69. The van der Waals surface area contributed by atoms with Gasteiger partial charge in [0, 0.05) is 24.4 Å². The lowest BCUT2D eigenvalue weighted by Gasteiger charge is -2.31. The van der Waals surface area contributed by atoms with E-state index in [1.807, 2.05) is 5.38 Å². The largest absolute Gasteiger partial charge is 0.434 e. The molecule has 1 amide bonds. The highest BCUT2D eigenvalue weighted by atomic mass is 35.5. The van der Waals surface area contributed by atoms with Crippen molar-refractivity contribution in [1.29, 1.82) is 0 Å². The number of alkyl halides is 3. The SMILES string of the molecule is O=C(c1cnn(-c2ccccc2)c1C(F)(F)F)N1CCC(c2nc(-c3snc(Cl)c3Cl)cs2)CC1. The Hall–Kier alpha value is -2.47. The summed E-state index contributed by atoms with van der Waals surface area (Å²) in [5.41, 5.74) is -0.589. The van der Waals surface area contributed by atoms with Crippen LogP contribution in [0.25, 0.3) is 16.3 Å². The standard InChI is InChI=1S/C22H16Cl2F3N5OS2/c23-16-17(35-30-19(16)24)15-11-34-20(29-15)12-6-8-31(9-7-12)21(33)14-10-28-32(18(14)22(25,26)27)13-4-2-1-3-5-13/h1-5,10-12H,6-9H2. The van der Waals surface area contributed by atoms with E-state index in [-0.39, 0.29) is 16.8 Å². The van der Waals surface area contributed by atoms with Crippen molar-refractivity contribution >= 4 is 52.0 Å². The van der Waals surface area contributed by atoms with Gasteiger partial charge in [0.25, 0.3) is 5.91 Å². The molecule has 4 aromatic rings. The zero-order valence-electron chi connectivity index (χ0n) is 17.8. The Morgan fingerprint density at radius 1 is 1.11 bits per heavy atom. The number of benzene rings is 1. The van der Waals surface area contributed by atoms with Crippen LogP contribution in [-0.2, 0) is 6.18 Å². The number of halogens is 5. The summed E-state index contributed by atoms with van der Waals surface area (Å²) in [6.07, 6.45) is -2.57. The molecule has 4 heterocycles. The Labute approximate surface area is 216 Å². The van der Waals surface area contributed by atoms with Gasteiger partial charge in [-0.1, -0.05) is 41.4 Å². The Morgan fingerprint density at radius 2 is 1.83 bits per heavy atom. The highest BCUT2D eigenvalue weighted by Gasteiger charge is 2.42. The first-order valence-corrected chi connectivity index (χ1v) is 12.9. The molecule has 6 nitrogen and oxygen atoms in total. The molecule has 1 aliphatic heterocycles. The molecule has 35 heavy (non-hydrogen) atoms. The number of nitrogens with zero attached hydrogens (tertiary/aromatic N) is 5. The number of carbonyl (C=O) groups is 1. The predicted molar refractivity (Wildman–Crippen MR) is 130 cm³/mol. The number of amides is 1. The summed E-state index contributed by atoms with van der Waals surface area (Å²) in [5, 5.41) is 7.27. The van der Waals surface area contributed by atoms with Crippen LogP contribution < -0.4 is 0 Å². The Morgan fingerprint density at radius 3 is 2.46 bits per heavy atom. The van der Waals surface area contributed by atoms with Crippen molar-refractivity contribution in [1.82, 2.24) is 24.0 Å². The van der Waals surface area contributed by atoms with Crippen LogP contribution in [0.1, 0.15) is 39.8 Å². The van der Waals surface area contributed by atoms with E-state index in [4.69, 9.17) is 23.2 Å². The van der Waals surface area contributed by atoms with Gasteiger partial charge in [-0.05, 0) is 36.5 Å². The molecule has 0 bridgehead atoms. The Kier molecular flexibility index (Phi) is 6.60. The van der Waals surface area contributed by atoms with E-state index < -0.39 is 23.3 Å². The average molecular weight is 558 g/mol. The van der Waals surface area contributed by atoms with Crippen LogP contribution in [0, 0.1) is 0 Å². The van der Waals surface area contributed by atoms with Crippen LogP contribution in [0.5, 0.6) is 0 Å². The van der Waals surface area contributed by atoms with Crippen molar-refractivity contribution < 1.29 is 18.0 Å². The molecule has 0 atom stereocenters. The summed E-state index contributed by atoms with van der Waals surface area (Å²) in [7, 11) is 0. The van der Waals surface area contributed by atoms with Crippen molar-refractivity contribution in [3.8, 4) is 16.3 Å². The van der Waals surface area contributed by atoms with Crippen molar-refractivity contribution in [2.45, 2.75) is 24.9 Å². The maximum atomic E-state index is 14.0. The summed E-state index contributed by atoms with van der Waals surface area (Å²) in [6, 6.07) is 7.95. The van der Waals surface area contributed by atoms with E-state index in [0.717, 1.165) is 15.9 Å². The molecule has 0 saturated carbocycles. The van der Waals surface area contributed by atoms with Gasteiger partial charge >= 0.3 is 6.18 Å². The molecule has 1 aromatic carbocycles. The van der Waals surface area contributed by atoms with E-state index in [2.05, 4.69) is 14.5 Å². The minimum Gasteiger partial charge on any atom is -0.338 e. The Bertz CT molecular complexity index is 1360. The van der Waals surface area contributed by atoms with Crippen LogP contribution in [0.3, 0.4) is 0 Å². The summed E-state index contributed by atoms with van der Waals surface area (Å²) >= 11 is 14.8. The van der Waals surface area contributed by atoms with Gasteiger partial charge in [-0.2, -0.15) is 22.6 Å². The van der Waals surface area contributed by atoms with Gasteiger partial charge in [-0.3, -0.25) is 4.79 Å². The number of aromatic nitrogens is 4. The van der Waals surface area contributed by atoms with Crippen LogP contribution >= 0.6 is 46.1 Å². The number of hydrogen-bond acceptors (Lipinski definition) is 6. The number of piperidine rings is 1. The molecule has 1 aliphatic rings. The minimum atomic E-state index is -4.74. The van der Waals surface area contributed by atoms with Gasteiger partial charge in [-0.15, -0.1) is 11.3 Å². The summed E-state index contributed by atoms with van der Waals surface area (Å²) in [5.74, 6) is -0.585. The summed E-state index contributed by atoms with van der Waals surface area (Å²) < 4.78 is 46.7. The first-order valence-electron chi connectivity index (χ1n) is 10.5. The molecular formula is C22H16Cl2F3N5OS2. The smallest absolute Gasteiger partial charge is 0.338 e. The van der Waals surface area contributed by atoms with Gasteiger partial charge in [0.15, 0.2) is 10.8 Å². The second kappa shape index (κ2) is 9.53. The normalized spacial score (nSPS) is 15.1. The lowest BCUT2D eigenvalue weighted by atomic mass is 9.97. The summed E-state index contributed by atoms with van der Waals surface area (Å²) in [4.78, 5) is 19.9. The van der Waals surface area contributed by atoms with Crippen molar-refractivity contribution in [2.75, 3.05) is 13.1 Å². The van der Waals surface area contributed by atoms with Gasteiger partial charge in [0.05, 0.1) is 38.0 Å². The number of hydrogen-bond donors (Lipinski definition) is 0. The number of rotatable bonds is 4. The van der Waals surface area contributed by atoms with Crippen LogP contribution in [0.15, 0.2) is 41.9 Å². The van der Waals surface area contributed by atoms with E-state index in [1.54, 1.807) is 18.2 Å². The number of para-hydroxylation sites is 1. The number of likely N-dealkylation sites (tertiary alicyclic amines) is 1. The molecule has 1 fully saturated rings. The molecule has 182 valence electrons. The van der Waals surface area contributed by atoms with Gasteiger partial charge in [-0.25, -0.2) is 9.67 Å². The topological polar surface area (TPSA) is 63.9 Å². The number of carbonyl (C=O) groups excluding carboxylic acids is 1. The fourth-order valence-corrected chi connectivity index (χ4v) is 6.28. The van der Waals surface area contributed by atoms with Crippen LogP contribution in [0.2, 0.25) is 10.2 Å². The lowest BCUT2D eigenvalue weighted by molar-refractivity contribution is -0.143. The molecule has 0 unspecified atom stereocenters. The van der Waals surface area contributed by atoms with E-state index in [0.29, 0.717) is 41.5 Å². The first kappa shape index (κ1) is 24.2. The molecule has 3 aromatic heterocycles. The summed E-state index contributed by atoms with van der Waals surface area (Å²) in [6.45, 7) is 0.638. The highest BCUT2D eigenvalue weighted by Crippen LogP contribution is 2.40. The van der Waals surface area contributed by atoms with Gasteiger partial charge < -0.3 is 4.90 Å². The molecule has 13 heteroatoms. The molecule has 0 spiro atoms. The van der Waals surface area contributed by atoms with Crippen LogP contribution in [0.4, 0.5) is 13.2 Å².